The van der Waals surface area contributed by atoms with E-state index in [1.807, 2.05) is 12.1 Å². The molecule has 0 saturated heterocycles. The molecular formula is C17H28ClNO. The SMILES string of the molecule is CC(C)CNCC(CCOC(C)C)c1cccc(Cl)c1. The lowest BCUT2D eigenvalue weighted by molar-refractivity contribution is 0.0732. The molecule has 1 N–H and O–H groups in total. The Morgan fingerprint density at radius 1 is 1.15 bits per heavy atom. The molecule has 0 saturated carbocycles. The fourth-order valence-corrected chi connectivity index (χ4v) is 2.34. The van der Waals surface area contributed by atoms with Crippen molar-refractivity contribution in [2.75, 3.05) is 19.7 Å². The van der Waals surface area contributed by atoms with Crippen LogP contribution in [0.15, 0.2) is 24.3 Å². The molecule has 0 spiro atoms. The van der Waals surface area contributed by atoms with Gasteiger partial charge in [-0.05, 0) is 56.3 Å². The minimum atomic E-state index is 0.290. The first-order chi connectivity index (χ1) is 9.49. The molecule has 0 aromatic heterocycles. The zero-order valence-corrected chi connectivity index (χ0v) is 13.9. The fourth-order valence-electron chi connectivity index (χ4n) is 2.14. The Morgan fingerprint density at radius 2 is 1.90 bits per heavy atom. The topological polar surface area (TPSA) is 21.3 Å². The van der Waals surface area contributed by atoms with E-state index in [1.165, 1.54) is 5.56 Å². The van der Waals surface area contributed by atoms with Crippen LogP contribution in [0.1, 0.15) is 45.6 Å². The highest BCUT2D eigenvalue weighted by atomic mass is 35.5. The van der Waals surface area contributed by atoms with Crippen molar-refractivity contribution in [3.63, 3.8) is 0 Å². The summed E-state index contributed by atoms with van der Waals surface area (Å²) in [6.45, 7) is 11.4. The molecule has 0 radical (unpaired) electrons. The van der Waals surface area contributed by atoms with Crippen molar-refractivity contribution in [3.8, 4) is 0 Å². The second-order valence-corrected chi connectivity index (χ2v) is 6.45. The lowest BCUT2D eigenvalue weighted by Crippen LogP contribution is -2.26. The first-order valence-electron chi connectivity index (χ1n) is 7.56. The smallest absolute Gasteiger partial charge is 0.0518 e. The van der Waals surface area contributed by atoms with Gasteiger partial charge in [-0.3, -0.25) is 0 Å². The van der Waals surface area contributed by atoms with Crippen molar-refractivity contribution in [3.05, 3.63) is 34.9 Å². The molecule has 0 heterocycles. The molecule has 1 aromatic rings. The molecule has 1 atom stereocenters. The summed E-state index contributed by atoms with van der Waals surface area (Å²) in [6, 6.07) is 8.17. The predicted molar refractivity (Wildman–Crippen MR) is 87.6 cm³/mol. The fraction of sp³-hybridized carbons (Fsp3) is 0.647. The summed E-state index contributed by atoms with van der Waals surface area (Å²) in [5.74, 6) is 1.12. The van der Waals surface area contributed by atoms with Crippen LogP contribution in [0.3, 0.4) is 0 Å². The summed E-state index contributed by atoms with van der Waals surface area (Å²) >= 11 is 6.11. The minimum Gasteiger partial charge on any atom is -0.379 e. The Labute approximate surface area is 128 Å². The van der Waals surface area contributed by atoms with E-state index in [0.29, 0.717) is 17.9 Å². The zero-order valence-electron chi connectivity index (χ0n) is 13.2. The number of halogens is 1. The molecule has 114 valence electrons. The van der Waals surface area contributed by atoms with Gasteiger partial charge in [0.15, 0.2) is 0 Å². The first kappa shape index (κ1) is 17.5. The second kappa shape index (κ2) is 9.38. The third-order valence-electron chi connectivity index (χ3n) is 3.18. The van der Waals surface area contributed by atoms with E-state index in [0.717, 1.165) is 31.1 Å². The minimum absolute atomic E-state index is 0.290. The van der Waals surface area contributed by atoms with Crippen molar-refractivity contribution >= 4 is 11.6 Å². The Kier molecular flexibility index (Phi) is 8.20. The van der Waals surface area contributed by atoms with Gasteiger partial charge in [0, 0.05) is 18.2 Å². The molecule has 1 unspecified atom stereocenters. The molecule has 0 aliphatic rings. The van der Waals surface area contributed by atoms with Crippen LogP contribution < -0.4 is 5.32 Å². The molecular weight excluding hydrogens is 270 g/mol. The van der Waals surface area contributed by atoms with Crippen LogP contribution in [0.2, 0.25) is 5.02 Å². The molecule has 20 heavy (non-hydrogen) atoms. The number of hydrogen-bond acceptors (Lipinski definition) is 2. The van der Waals surface area contributed by atoms with Crippen molar-refractivity contribution in [1.82, 2.24) is 5.32 Å². The third kappa shape index (κ3) is 7.28. The maximum Gasteiger partial charge on any atom is 0.0518 e. The number of ether oxygens (including phenoxy) is 1. The maximum atomic E-state index is 6.11. The van der Waals surface area contributed by atoms with Gasteiger partial charge in [0.05, 0.1) is 6.10 Å². The number of hydrogen-bond donors (Lipinski definition) is 1. The van der Waals surface area contributed by atoms with Crippen LogP contribution in [0.25, 0.3) is 0 Å². The molecule has 1 aromatic carbocycles. The van der Waals surface area contributed by atoms with Gasteiger partial charge in [-0.15, -0.1) is 0 Å². The summed E-state index contributed by atoms with van der Waals surface area (Å²) in [5.41, 5.74) is 1.29. The van der Waals surface area contributed by atoms with Crippen molar-refractivity contribution in [1.29, 1.82) is 0 Å². The van der Waals surface area contributed by atoms with E-state index in [4.69, 9.17) is 16.3 Å². The van der Waals surface area contributed by atoms with Gasteiger partial charge in [0.25, 0.3) is 0 Å². The van der Waals surface area contributed by atoms with Gasteiger partial charge >= 0.3 is 0 Å². The van der Waals surface area contributed by atoms with Gasteiger partial charge in [-0.1, -0.05) is 37.6 Å². The van der Waals surface area contributed by atoms with E-state index >= 15 is 0 Å². The standard InChI is InChI=1S/C17H28ClNO/c1-13(2)11-19-12-16(8-9-20-14(3)4)15-6-5-7-17(18)10-15/h5-7,10,13-14,16,19H,8-9,11-12H2,1-4H3. The van der Waals surface area contributed by atoms with Crippen LogP contribution in [0, 0.1) is 5.92 Å². The highest BCUT2D eigenvalue weighted by Crippen LogP contribution is 2.22. The van der Waals surface area contributed by atoms with E-state index < -0.39 is 0 Å². The van der Waals surface area contributed by atoms with Gasteiger partial charge < -0.3 is 10.1 Å². The maximum absolute atomic E-state index is 6.11. The monoisotopic (exact) mass is 297 g/mol. The van der Waals surface area contributed by atoms with Crippen LogP contribution in [0.4, 0.5) is 0 Å². The number of benzene rings is 1. The largest absolute Gasteiger partial charge is 0.379 e. The van der Waals surface area contributed by atoms with E-state index in [1.54, 1.807) is 0 Å². The summed E-state index contributed by atoms with van der Waals surface area (Å²) in [7, 11) is 0. The highest BCUT2D eigenvalue weighted by molar-refractivity contribution is 6.30. The molecule has 0 amide bonds. The quantitative estimate of drug-likeness (QED) is 0.725. The van der Waals surface area contributed by atoms with Gasteiger partial charge in [-0.25, -0.2) is 0 Å². The Hall–Kier alpha value is -0.570. The summed E-state index contributed by atoms with van der Waals surface area (Å²) in [5, 5.41) is 4.35. The second-order valence-electron chi connectivity index (χ2n) is 6.01. The van der Waals surface area contributed by atoms with Crippen LogP contribution >= 0.6 is 11.6 Å². The Bertz CT molecular complexity index is 365. The summed E-state index contributed by atoms with van der Waals surface area (Å²) < 4.78 is 5.69. The third-order valence-corrected chi connectivity index (χ3v) is 3.42. The van der Waals surface area contributed by atoms with E-state index in [9.17, 15) is 0 Å². The molecule has 2 nitrogen and oxygen atoms in total. The summed E-state index contributed by atoms with van der Waals surface area (Å²) in [4.78, 5) is 0. The molecule has 0 bridgehead atoms. The molecule has 1 rings (SSSR count). The first-order valence-corrected chi connectivity index (χ1v) is 7.94. The van der Waals surface area contributed by atoms with Crippen molar-refractivity contribution in [2.45, 2.75) is 46.1 Å². The van der Waals surface area contributed by atoms with Crippen LogP contribution in [0.5, 0.6) is 0 Å². The van der Waals surface area contributed by atoms with Gasteiger partial charge in [-0.2, -0.15) is 0 Å². The van der Waals surface area contributed by atoms with Crippen molar-refractivity contribution < 1.29 is 4.74 Å². The predicted octanol–water partition coefficient (Wildman–Crippen LogP) is 4.48. The van der Waals surface area contributed by atoms with E-state index in [2.05, 4.69) is 45.1 Å². The summed E-state index contributed by atoms with van der Waals surface area (Å²) in [6.07, 6.45) is 1.31. The van der Waals surface area contributed by atoms with Crippen LogP contribution in [-0.2, 0) is 4.74 Å². The lowest BCUT2D eigenvalue weighted by atomic mass is 9.96. The number of nitrogens with one attached hydrogen (secondary N) is 1. The Morgan fingerprint density at radius 3 is 2.50 bits per heavy atom. The zero-order chi connectivity index (χ0) is 15.0. The van der Waals surface area contributed by atoms with Crippen LogP contribution in [-0.4, -0.2) is 25.8 Å². The van der Waals surface area contributed by atoms with Crippen molar-refractivity contribution in [2.24, 2.45) is 5.92 Å². The average Bonchev–Trinajstić information content (AvgIpc) is 2.36. The van der Waals surface area contributed by atoms with Gasteiger partial charge in [0.2, 0.25) is 0 Å². The number of rotatable bonds is 9. The molecule has 0 aliphatic heterocycles. The molecule has 0 aliphatic carbocycles. The Balaban J connectivity index is 2.58. The highest BCUT2D eigenvalue weighted by Gasteiger charge is 2.12. The lowest BCUT2D eigenvalue weighted by Gasteiger charge is -2.20. The molecule has 0 fully saturated rings. The molecule has 3 heteroatoms. The van der Waals surface area contributed by atoms with E-state index in [-0.39, 0.29) is 0 Å². The average molecular weight is 298 g/mol. The van der Waals surface area contributed by atoms with Gasteiger partial charge in [0.1, 0.15) is 0 Å². The normalized spacial score (nSPS) is 13.2.